The summed E-state index contributed by atoms with van der Waals surface area (Å²) < 4.78 is 38.4. The van der Waals surface area contributed by atoms with Gasteiger partial charge in [-0.2, -0.15) is 18.4 Å². The number of anilines is 1. The highest BCUT2D eigenvalue weighted by atomic mass is 19.4. The molecule has 2 amide bonds. The molecule has 2 aromatic carbocycles. The number of alkyl halides is 3. The summed E-state index contributed by atoms with van der Waals surface area (Å²) >= 11 is 0. The molecule has 0 radical (unpaired) electrons. The number of halogens is 3. The van der Waals surface area contributed by atoms with Gasteiger partial charge in [0.2, 0.25) is 5.91 Å². The van der Waals surface area contributed by atoms with Gasteiger partial charge < -0.3 is 15.1 Å². The molecule has 0 atom stereocenters. The van der Waals surface area contributed by atoms with Crippen molar-refractivity contribution in [1.29, 1.82) is 5.26 Å². The summed E-state index contributed by atoms with van der Waals surface area (Å²) in [5, 5.41) is 12.0. The van der Waals surface area contributed by atoms with E-state index < -0.39 is 17.3 Å². The second-order valence-electron chi connectivity index (χ2n) is 7.36. The van der Waals surface area contributed by atoms with Crippen LogP contribution in [0.25, 0.3) is 0 Å². The SMILES string of the molecule is N#Cc1ccc(N2CC(=O)N(Cc3ccc(C(F)(F)F)cc3)C3(CNC3)C2=O)cc1. The molecule has 6 nitrogen and oxygen atoms in total. The highest BCUT2D eigenvalue weighted by Gasteiger charge is 2.56. The molecule has 0 saturated carbocycles. The first-order valence-electron chi connectivity index (χ1n) is 9.24. The van der Waals surface area contributed by atoms with Gasteiger partial charge in [0.05, 0.1) is 17.2 Å². The first kappa shape index (κ1) is 19.9. The van der Waals surface area contributed by atoms with Gasteiger partial charge in [-0.25, -0.2) is 0 Å². The van der Waals surface area contributed by atoms with Crippen molar-refractivity contribution in [1.82, 2.24) is 10.2 Å². The minimum absolute atomic E-state index is 0.0472. The van der Waals surface area contributed by atoms with E-state index in [1.54, 1.807) is 24.3 Å². The minimum atomic E-state index is -4.43. The number of nitrogens with one attached hydrogen (secondary N) is 1. The van der Waals surface area contributed by atoms with Crippen LogP contribution in [0.3, 0.4) is 0 Å². The van der Waals surface area contributed by atoms with Crippen molar-refractivity contribution >= 4 is 17.5 Å². The Balaban J connectivity index is 1.59. The Morgan fingerprint density at radius 1 is 1.03 bits per heavy atom. The monoisotopic (exact) mass is 414 g/mol. The minimum Gasteiger partial charge on any atom is -0.320 e. The molecular weight excluding hydrogens is 397 g/mol. The predicted molar refractivity (Wildman–Crippen MR) is 101 cm³/mol. The van der Waals surface area contributed by atoms with Crippen molar-refractivity contribution in [3.05, 3.63) is 65.2 Å². The highest BCUT2D eigenvalue weighted by molar-refractivity contribution is 6.10. The Morgan fingerprint density at radius 2 is 1.67 bits per heavy atom. The van der Waals surface area contributed by atoms with Crippen molar-refractivity contribution in [2.45, 2.75) is 18.3 Å². The third-order valence-electron chi connectivity index (χ3n) is 5.52. The van der Waals surface area contributed by atoms with Gasteiger partial charge in [0.25, 0.3) is 5.91 Å². The number of amides is 2. The van der Waals surface area contributed by atoms with Crippen LogP contribution in [0.1, 0.15) is 16.7 Å². The second-order valence-corrected chi connectivity index (χ2v) is 7.36. The smallest absolute Gasteiger partial charge is 0.320 e. The Hall–Kier alpha value is -3.38. The van der Waals surface area contributed by atoms with Gasteiger partial charge in [0.15, 0.2) is 0 Å². The molecule has 0 bridgehead atoms. The van der Waals surface area contributed by atoms with Gasteiger partial charge >= 0.3 is 6.18 Å². The van der Waals surface area contributed by atoms with Gasteiger partial charge in [-0.05, 0) is 42.0 Å². The normalized spacial score (nSPS) is 18.3. The van der Waals surface area contributed by atoms with E-state index in [-0.39, 0.29) is 38.0 Å². The summed E-state index contributed by atoms with van der Waals surface area (Å²) in [5.41, 5.74) is -0.362. The fourth-order valence-corrected chi connectivity index (χ4v) is 3.75. The van der Waals surface area contributed by atoms with Gasteiger partial charge in [0, 0.05) is 25.3 Å². The molecule has 9 heteroatoms. The number of piperazine rings is 1. The fourth-order valence-electron chi connectivity index (χ4n) is 3.75. The van der Waals surface area contributed by atoms with Gasteiger partial charge in [-0.3, -0.25) is 9.59 Å². The number of benzene rings is 2. The molecule has 1 N–H and O–H groups in total. The van der Waals surface area contributed by atoms with Crippen molar-refractivity contribution in [3.63, 3.8) is 0 Å². The number of rotatable bonds is 3. The van der Waals surface area contributed by atoms with E-state index in [4.69, 9.17) is 5.26 Å². The molecule has 2 aliphatic rings. The van der Waals surface area contributed by atoms with Crippen LogP contribution < -0.4 is 10.2 Å². The fraction of sp³-hybridized carbons (Fsp3) is 0.286. The zero-order chi connectivity index (χ0) is 21.5. The maximum atomic E-state index is 13.3. The Labute approximate surface area is 170 Å². The number of hydrogen-bond acceptors (Lipinski definition) is 4. The third-order valence-corrected chi connectivity index (χ3v) is 5.52. The zero-order valence-electron chi connectivity index (χ0n) is 15.7. The lowest BCUT2D eigenvalue weighted by Crippen LogP contribution is -2.80. The molecule has 154 valence electrons. The van der Waals surface area contributed by atoms with E-state index in [0.717, 1.165) is 12.1 Å². The summed E-state index contributed by atoms with van der Waals surface area (Å²) in [7, 11) is 0. The predicted octanol–water partition coefficient (Wildman–Crippen LogP) is 2.29. The Bertz CT molecular complexity index is 1020. The summed E-state index contributed by atoms with van der Waals surface area (Å²) in [6.07, 6.45) is -4.43. The lowest BCUT2D eigenvalue weighted by molar-refractivity contribution is -0.155. The van der Waals surface area contributed by atoms with E-state index in [1.165, 1.54) is 21.9 Å². The van der Waals surface area contributed by atoms with Crippen molar-refractivity contribution in [2.75, 3.05) is 24.5 Å². The van der Waals surface area contributed by atoms with E-state index in [1.807, 2.05) is 6.07 Å². The quantitative estimate of drug-likeness (QED) is 0.836. The molecular formula is C21H17F3N4O2. The number of nitrogens with zero attached hydrogens (tertiary/aromatic N) is 3. The van der Waals surface area contributed by atoms with Crippen molar-refractivity contribution < 1.29 is 22.8 Å². The molecule has 2 aliphatic heterocycles. The van der Waals surface area contributed by atoms with Crippen molar-refractivity contribution in [2.24, 2.45) is 0 Å². The molecule has 2 aromatic rings. The van der Waals surface area contributed by atoms with Crippen LogP contribution in [0.15, 0.2) is 48.5 Å². The summed E-state index contributed by atoms with van der Waals surface area (Å²) in [6.45, 7) is 0.411. The molecule has 4 rings (SSSR count). The number of hydrogen-bond donors (Lipinski definition) is 1. The van der Waals surface area contributed by atoms with Crippen LogP contribution in [-0.2, 0) is 22.3 Å². The molecule has 30 heavy (non-hydrogen) atoms. The van der Waals surface area contributed by atoms with E-state index >= 15 is 0 Å². The van der Waals surface area contributed by atoms with Crippen LogP contribution >= 0.6 is 0 Å². The Morgan fingerprint density at radius 3 is 2.17 bits per heavy atom. The van der Waals surface area contributed by atoms with Gasteiger partial charge in [-0.1, -0.05) is 12.1 Å². The average Bonchev–Trinajstić information content (AvgIpc) is 2.69. The Kier molecular flexibility index (Phi) is 4.74. The summed E-state index contributed by atoms with van der Waals surface area (Å²) in [6, 6.07) is 13.0. The molecule has 0 aliphatic carbocycles. The van der Waals surface area contributed by atoms with Crippen molar-refractivity contribution in [3.8, 4) is 6.07 Å². The van der Waals surface area contributed by atoms with Crippen LogP contribution in [0.4, 0.5) is 18.9 Å². The molecule has 2 heterocycles. The highest BCUT2D eigenvalue weighted by Crippen LogP contribution is 2.33. The van der Waals surface area contributed by atoms with E-state index in [0.29, 0.717) is 16.8 Å². The number of carbonyl (C=O) groups is 2. The second kappa shape index (κ2) is 7.15. The third kappa shape index (κ3) is 3.29. The summed E-state index contributed by atoms with van der Waals surface area (Å²) in [4.78, 5) is 29.1. The number of carbonyl (C=O) groups excluding carboxylic acids is 2. The molecule has 0 unspecified atom stereocenters. The molecule has 1 spiro atoms. The number of nitriles is 1. The van der Waals surface area contributed by atoms with Gasteiger partial charge in [-0.15, -0.1) is 0 Å². The van der Waals surface area contributed by atoms with E-state index in [2.05, 4.69) is 5.32 Å². The lowest BCUT2D eigenvalue weighted by Gasteiger charge is -2.54. The maximum Gasteiger partial charge on any atom is 0.416 e. The molecule has 2 fully saturated rings. The molecule has 2 saturated heterocycles. The van der Waals surface area contributed by atoms with E-state index in [9.17, 15) is 22.8 Å². The topological polar surface area (TPSA) is 76.4 Å². The van der Waals surface area contributed by atoms with Crippen LogP contribution in [-0.4, -0.2) is 41.9 Å². The standard InChI is InChI=1S/C21H17F3N4O2/c22-21(23,24)16-5-1-15(2-6-16)10-28-18(29)11-27(19(30)20(28)12-26-13-20)17-7-3-14(9-25)4-8-17/h1-8,26H,10-13H2. The first-order chi connectivity index (χ1) is 14.2. The molecule has 0 aromatic heterocycles. The van der Waals surface area contributed by atoms with Crippen LogP contribution in [0, 0.1) is 11.3 Å². The average molecular weight is 414 g/mol. The van der Waals surface area contributed by atoms with Gasteiger partial charge in [0.1, 0.15) is 12.1 Å². The zero-order valence-corrected chi connectivity index (χ0v) is 15.7. The lowest BCUT2D eigenvalue weighted by atomic mass is 9.85. The van der Waals surface area contributed by atoms with Crippen LogP contribution in [0.2, 0.25) is 0 Å². The maximum absolute atomic E-state index is 13.3. The first-order valence-corrected chi connectivity index (χ1v) is 9.24. The van der Waals surface area contributed by atoms with Crippen LogP contribution in [0.5, 0.6) is 0 Å². The summed E-state index contributed by atoms with van der Waals surface area (Å²) in [5.74, 6) is -0.544. The largest absolute Gasteiger partial charge is 0.416 e.